The Labute approximate surface area is 142 Å². The van der Waals surface area contributed by atoms with Crippen LogP contribution >= 0.6 is 0 Å². The fraction of sp³-hybridized carbons (Fsp3) is 0.0625. The van der Waals surface area contributed by atoms with Gasteiger partial charge in [-0.15, -0.1) is 5.10 Å². The number of benzene rings is 1. The molecule has 0 unspecified atom stereocenters. The largest absolute Gasteiger partial charge is 0.382 e. The van der Waals surface area contributed by atoms with Crippen molar-refractivity contribution in [3.63, 3.8) is 0 Å². The summed E-state index contributed by atoms with van der Waals surface area (Å²) in [6.45, 7) is 0.203. The third-order valence-corrected chi connectivity index (χ3v) is 3.25. The quantitative estimate of drug-likeness (QED) is 0.584. The summed E-state index contributed by atoms with van der Waals surface area (Å²) in [6.07, 6.45) is 4.14. The van der Waals surface area contributed by atoms with Crippen LogP contribution in [0.3, 0.4) is 0 Å². The van der Waals surface area contributed by atoms with Crippen LogP contribution in [-0.2, 0) is 6.54 Å². The number of hydrogen-bond donors (Lipinski definition) is 3. The highest BCUT2D eigenvalue weighted by Gasteiger charge is 2.11. The van der Waals surface area contributed by atoms with E-state index in [4.69, 9.17) is 15.7 Å². The fourth-order valence-electron chi connectivity index (χ4n) is 2.04. The molecule has 4 N–H and O–H groups in total. The minimum Gasteiger partial charge on any atom is -0.382 e. The van der Waals surface area contributed by atoms with E-state index in [1.807, 2.05) is 0 Å². The lowest BCUT2D eigenvalue weighted by Gasteiger charge is -2.10. The van der Waals surface area contributed by atoms with Gasteiger partial charge in [0.2, 0.25) is 5.82 Å². The van der Waals surface area contributed by atoms with Crippen LogP contribution < -0.4 is 11.1 Å². The van der Waals surface area contributed by atoms with Gasteiger partial charge in [0, 0.05) is 18.2 Å². The van der Waals surface area contributed by atoms with E-state index in [-0.39, 0.29) is 29.7 Å². The molecule has 1 aromatic carbocycles. The maximum absolute atomic E-state index is 13.8. The molecule has 0 atom stereocenters. The molecular formula is C16H14FN7O. The lowest BCUT2D eigenvalue weighted by atomic mass is 10.2. The van der Waals surface area contributed by atoms with Crippen molar-refractivity contribution in [2.45, 2.75) is 6.54 Å². The van der Waals surface area contributed by atoms with E-state index in [2.05, 4.69) is 25.7 Å². The SMILES string of the molecule is N=C(/C=C(\NCc1ccccc1F)c1ccon1)c1nncc(N)n1. The number of anilines is 1. The number of halogens is 1. The lowest BCUT2D eigenvalue weighted by Crippen LogP contribution is -2.16. The number of nitrogens with zero attached hydrogens (tertiary/aromatic N) is 4. The van der Waals surface area contributed by atoms with Crippen molar-refractivity contribution in [2.75, 3.05) is 5.73 Å². The first kappa shape index (κ1) is 16.2. The van der Waals surface area contributed by atoms with Crippen LogP contribution in [0.2, 0.25) is 0 Å². The number of nitrogens with one attached hydrogen (secondary N) is 2. The van der Waals surface area contributed by atoms with Crippen molar-refractivity contribution >= 4 is 17.2 Å². The first-order valence-corrected chi connectivity index (χ1v) is 7.27. The van der Waals surface area contributed by atoms with E-state index in [0.29, 0.717) is 17.0 Å². The molecule has 126 valence electrons. The second-order valence-electron chi connectivity index (χ2n) is 5.01. The number of nitrogen functional groups attached to an aromatic ring is 1. The maximum Gasteiger partial charge on any atom is 0.201 e. The van der Waals surface area contributed by atoms with Crippen molar-refractivity contribution in [2.24, 2.45) is 0 Å². The average Bonchev–Trinajstić information content (AvgIpc) is 3.14. The Morgan fingerprint density at radius 3 is 2.88 bits per heavy atom. The molecule has 2 aromatic heterocycles. The van der Waals surface area contributed by atoms with Crippen molar-refractivity contribution in [3.8, 4) is 0 Å². The molecule has 0 bridgehead atoms. The molecule has 0 saturated carbocycles. The van der Waals surface area contributed by atoms with Crippen LogP contribution in [0.1, 0.15) is 17.1 Å². The van der Waals surface area contributed by atoms with Crippen LogP contribution in [0.5, 0.6) is 0 Å². The molecule has 2 heterocycles. The van der Waals surface area contributed by atoms with Gasteiger partial charge in [-0.1, -0.05) is 23.4 Å². The zero-order valence-electron chi connectivity index (χ0n) is 13.0. The topological polar surface area (TPSA) is 127 Å². The normalized spacial score (nSPS) is 11.3. The number of hydrogen-bond acceptors (Lipinski definition) is 8. The van der Waals surface area contributed by atoms with Crippen LogP contribution in [-0.4, -0.2) is 26.0 Å². The van der Waals surface area contributed by atoms with E-state index < -0.39 is 0 Å². The summed E-state index contributed by atoms with van der Waals surface area (Å²) in [5, 5.41) is 22.4. The first-order chi connectivity index (χ1) is 12.1. The predicted molar refractivity (Wildman–Crippen MR) is 88.8 cm³/mol. The Balaban J connectivity index is 1.85. The van der Waals surface area contributed by atoms with Crippen LogP contribution in [0.25, 0.3) is 5.70 Å². The smallest absolute Gasteiger partial charge is 0.201 e. The molecule has 8 nitrogen and oxygen atoms in total. The highest BCUT2D eigenvalue weighted by Crippen LogP contribution is 2.13. The Morgan fingerprint density at radius 2 is 2.16 bits per heavy atom. The third kappa shape index (κ3) is 4.02. The fourth-order valence-corrected chi connectivity index (χ4v) is 2.04. The van der Waals surface area contributed by atoms with E-state index in [0.717, 1.165) is 0 Å². The van der Waals surface area contributed by atoms with E-state index in [1.165, 1.54) is 24.6 Å². The minimum absolute atomic E-state index is 0.0289. The van der Waals surface area contributed by atoms with Gasteiger partial charge in [0.25, 0.3) is 0 Å². The van der Waals surface area contributed by atoms with Gasteiger partial charge in [-0.3, -0.25) is 5.41 Å². The molecule has 0 saturated heterocycles. The van der Waals surface area contributed by atoms with Crippen molar-refractivity contribution in [1.82, 2.24) is 25.7 Å². The van der Waals surface area contributed by atoms with Gasteiger partial charge in [-0.05, 0) is 12.1 Å². The molecule has 0 aliphatic heterocycles. The van der Waals surface area contributed by atoms with Gasteiger partial charge in [0.15, 0.2) is 0 Å². The second kappa shape index (κ2) is 7.30. The molecule has 9 heteroatoms. The lowest BCUT2D eigenvalue weighted by molar-refractivity contribution is 0.417. The van der Waals surface area contributed by atoms with E-state index in [9.17, 15) is 4.39 Å². The van der Waals surface area contributed by atoms with Crippen LogP contribution in [0.4, 0.5) is 10.2 Å². The Kier molecular flexibility index (Phi) is 4.74. The molecule has 0 fully saturated rings. The summed E-state index contributed by atoms with van der Waals surface area (Å²) in [7, 11) is 0. The number of aromatic nitrogens is 4. The van der Waals surface area contributed by atoms with E-state index >= 15 is 0 Å². The summed E-state index contributed by atoms with van der Waals surface area (Å²) in [5.41, 5.74) is 6.91. The van der Waals surface area contributed by atoms with Gasteiger partial charge in [-0.25, -0.2) is 9.37 Å². The zero-order valence-corrected chi connectivity index (χ0v) is 13.0. The summed E-state index contributed by atoms with van der Waals surface area (Å²) >= 11 is 0. The molecule has 3 rings (SSSR count). The number of rotatable bonds is 6. The van der Waals surface area contributed by atoms with Crippen molar-refractivity contribution in [3.05, 3.63) is 71.8 Å². The van der Waals surface area contributed by atoms with Gasteiger partial charge in [-0.2, -0.15) is 5.10 Å². The van der Waals surface area contributed by atoms with Crippen molar-refractivity contribution < 1.29 is 8.91 Å². The molecule has 0 spiro atoms. The first-order valence-electron chi connectivity index (χ1n) is 7.27. The Morgan fingerprint density at radius 1 is 1.32 bits per heavy atom. The van der Waals surface area contributed by atoms with E-state index in [1.54, 1.807) is 24.3 Å². The predicted octanol–water partition coefficient (Wildman–Crippen LogP) is 1.78. The second-order valence-corrected chi connectivity index (χ2v) is 5.01. The zero-order chi connectivity index (χ0) is 17.6. The van der Waals surface area contributed by atoms with Gasteiger partial charge in [0.1, 0.15) is 29.3 Å². The standard InChI is InChI=1S/C16H14FN7O/c17-11-4-2-1-3-10(11)8-20-14(13-5-6-25-24-13)7-12(18)16-22-15(19)9-21-23-16/h1-7,9,18,20H,8H2,(H2,19,22,23)/b14-7-,18-12?. The summed E-state index contributed by atoms with van der Waals surface area (Å²) in [4.78, 5) is 3.94. The van der Waals surface area contributed by atoms with Crippen LogP contribution in [0.15, 0.2) is 53.4 Å². The molecule has 3 aromatic rings. The summed E-state index contributed by atoms with van der Waals surface area (Å²) < 4.78 is 18.6. The Bertz CT molecular complexity index is 908. The molecule has 0 radical (unpaired) electrons. The monoisotopic (exact) mass is 339 g/mol. The van der Waals surface area contributed by atoms with Gasteiger partial charge in [0.05, 0.1) is 11.9 Å². The Hall–Kier alpha value is -3.62. The molecular weight excluding hydrogens is 325 g/mol. The maximum atomic E-state index is 13.8. The third-order valence-electron chi connectivity index (χ3n) is 3.25. The molecule has 0 aliphatic rings. The van der Waals surface area contributed by atoms with Crippen molar-refractivity contribution in [1.29, 1.82) is 5.41 Å². The van der Waals surface area contributed by atoms with Crippen LogP contribution in [0, 0.1) is 11.2 Å². The minimum atomic E-state index is -0.326. The molecule has 25 heavy (non-hydrogen) atoms. The summed E-state index contributed by atoms with van der Waals surface area (Å²) in [5.74, 6) is -0.105. The highest BCUT2D eigenvalue weighted by atomic mass is 19.1. The number of allylic oxidation sites excluding steroid dienone is 1. The van der Waals surface area contributed by atoms with Gasteiger partial charge < -0.3 is 15.6 Å². The molecule has 0 amide bonds. The van der Waals surface area contributed by atoms with Gasteiger partial charge >= 0.3 is 0 Å². The number of nitrogens with two attached hydrogens (primary N) is 1. The average molecular weight is 339 g/mol. The highest BCUT2D eigenvalue weighted by molar-refractivity contribution is 6.07. The summed E-state index contributed by atoms with van der Waals surface area (Å²) in [6, 6.07) is 8.02. The molecule has 0 aliphatic carbocycles.